The second-order valence-corrected chi connectivity index (χ2v) is 19.0. The van der Waals surface area contributed by atoms with E-state index in [0.29, 0.717) is 54.5 Å². The largest absolute Gasteiger partial charge is 0.483 e. The third-order valence-corrected chi connectivity index (χ3v) is 14.8. The molecule has 3 saturated heterocycles. The van der Waals surface area contributed by atoms with Crippen molar-refractivity contribution in [2.45, 2.75) is 69.8 Å². The molecule has 342 valence electrons. The Balaban J connectivity index is 0.936. The number of benzene rings is 3. The number of nitrogens with one attached hydrogen (secondary N) is 3. The predicted octanol–water partition coefficient (Wildman–Crippen LogP) is 4.01. The van der Waals surface area contributed by atoms with Crippen molar-refractivity contribution in [3.05, 3.63) is 93.9 Å². The van der Waals surface area contributed by atoms with E-state index in [1.165, 1.54) is 37.1 Å². The van der Waals surface area contributed by atoms with Gasteiger partial charge in [0.25, 0.3) is 5.56 Å². The number of para-hydroxylation sites is 1. The van der Waals surface area contributed by atoms with Crippen LogP contribution < -0.4 is 24.6 Å². The molecule has 0 spiro atoms. The lowest BCUT2D eigenvalue weighted by Gasteiger charge is -2.39. The minimum absolute atomic E-state index is 0.00451. The second kappa shape index (κ2) is 19.1. The Morgan fingerprint density at radius 3 is 2.52 bits per heavy atom. The Hall–Kier alpha value is -6.23. The van der Waals surface area contributed by atoms with Crippen molar-refractivity contribution < 1.29 is 31.9 Å². The summed E-state index contributed by atoms with van der Waals surface area (Å²) >= 11 is 0. The third kappa shape index (κ3) is 9.61. The molecule has 3 aromatic carbocycles. The molecule has 3 unspecified atom stereocenters. The minimum atomic E-state index is -4.06. The van der Waals surface area contributed by atoms with Crippen LogP contribution in [0.15, 0.2) is 65.7 Å². The topological polar surface area (TPSA) is 216 Å². The van der Waals surface area contributed by atoms with Crippen molar-refractivity contribution in [2.75, 3.05) is 50.6 Å². The predicted molar refractivity (Wildman–Crippen MR) is 241 cm³/mol. The zero-order valence-electron chi connectivity index (χ0n) is 36.6. The number of nitrogens with zero attached hydrogens (tertiary/aromatic N) is 7. The number of carbonyl (C=O) groups excluding carboxylic acids is 3. The van der Waals surface area contributed by atoms with E-state index in [1.54, 1.807) is 29.8 Å². The Morgan fingerprint density at radius 2 is 1.80 bits per heavy atom. The summed E-state index contributed by atoms with van der Waals surface area (Å²) in [5.41, 5.74) is 3.59. The number of anilines is 1. The molecular formula is C46H53FN10O7S. The molecule has 0 radical (unpaired) electrons. The van der Waals surface area contributed by atoms with Crippen molar-refractivity contribution >= 4 is 55.4 Å². The van der Waals surface area contributed by atoms with E-state index in [9.17, 15) is 32.9 Å². The Morgan fingerprint density at radius 1 is 1.03 bits per heavy atom. The number of amides is 3. The molecule has 17 nitrogen and oxygen atoms in total. The average Bonchev–Trinajstić information content (AvgIpc) is 3.62. The van der Waals surface area contributed by atoms with Gasteiger partial charge in [0.05, 0.1) is 58.6 Å². The summed E-state index contributed by atoms with van der Waals surface area (Å²) in [7, 11) is -0.901. The van der Waals surface area contributed by atoms with Crippen LogP contribution in [-0.4, -0.2) is 108 Å². The highest BCUT2D eigenvalue weighted by Crippen LogP contribution is 2.38. The molecular weight excluding hydrogens is 856 g/mol. The van der Waals surface area contributed by atoms with Gasteiger partial charge in [-0.2, -0.15) is 23.5 Å². The first-order valence-corrected chi connectivity index (χ1v) is 23.5. The molecule has 3 aliphatic heterocycles. The number of aromatic nitrogens is 4. The molecule has 3 N–H and O–H groups in total. The SMILES string of the molecule is CCNS(=O)(=O)N(C)c1cccc(F)c1OC(C(C#N)Cc1ccc2nc[nH]c(=O)c2c1)C1CCN(C(=O)CN2CCC(c3ccc4c(C5CCC(=O)NC5=O)nn(C)c4c3)CC2)CC1. The number of hydrogen-bond acceptors (Lipinski definition) is 11. The van der Waals surface area contributed by atoms with Crippen LogP contribution >= 0.6 is 0 Å². The molecule has 19 heteroatoms. The number of carbonyl (C=O) groups is 3. The van der Waals surface area contributed by atoms with Crippen LogP contribution in [0.25, 0.3) is 21.8 Å². The number of aryl methyl sites for hydroxylation is 1. The van der Waals surface area contributed by atoms with Gasteiger partial charge in [-0.25, -0.2) is 9.37 Å². The number of ether oxygens (including phenoxy) is 1. The zero-order valence-corrected chi connectivity index (χ0v) is 37.4. The van der Waals surface area contributed by atoms with Crippen molar-refractivity contribution in [3.63, 3.8) is 0 Å². The second-order valence-electron chi connectivity index (χ2n) is 17.2. The number of fused-ring (bicyclic) bond motifs is 2. The van der Waals surface area contributed by atoms with Crippen molar-refractivity contribution in [1.29, 1.82) is 5.26 Å². The number of likely N-dealkylation sites (tertiary alicyclic amines) is 2. The maximum absolute atomic E-state index is 15.8. The van der Waals surface area contributed by atoms with Gasteiger partial charge in [0.2, 0.25) is 17.7 Å². The highest BCUT2D eigenvalue weighted by Gasteiger charge is 2.38. The highest BCUT2D eigenvalue weighted by atomic mass is 32.2. The van der Waals surface area contributed by atoms with E-state index in [0.717, 1.165) is 41.1 Å². The van der Waals surface area contributed by atoms with E-state index in [4.69, 9.17) is 4.74 Å². The summed E-state index contributed by atoms with van der Waals surface area (Å²) in [6, 6.07) is 17.8. The van der Waals surface area contributed by atoms with Gasteiger partial charge in [-0.15, -0.1) is 0 Å². The molecule has 5 heterocycles. The maximum atomic E-state index is 15.8. The molecule has 65 heavy (non-hydrogen) atoms. The van der Waals surface area contributed by atoms with E-state index >= 15 is 4.39 Å². The number of H-pyrrole nitrogens is 1. The third-order valence-electron chi connectivity index (χ3n) is 13.2. The van der Waals surface area contributed by atoms with Gasteiger partial charge in [-0.3, -0.25) is 38.4 Å². The van der Waals surface area contributed by atoms with Crippen LogP contribution in [0.4, 0.5) is 10.1 Å². The van der Waals surface area contributed by atoms with Crippen LogP contribution in [0.2, 0.25) is 0 Å². The fourth-order valence-corrected chi connectivity index (χ4v) is 10.6. The first-order valence-electron chi connectivity index (χ1n) is 22.1. The smallest absolute Gasteiger partial charge is 0.301 e. The van der Waals surface area contributed by atoms with Crippen molar-refractivity contribution in [3.8, 4) is 11.8 Å². The number of nitriles is 1. The lowest BCUT2D eigenvalue weighted by molar-refractivity contribution is -0.135. The van der Waals surface area contributed by atoms with Crippen LogP contribution in [-0.2, 0) is 38.1 Å². The molecule has 8 rings (SSSR count). The van der Waals surface area contributed by atoms with Crippen LogP contribution in [0.1, 0.15) is 74.1 Å². The van der Waals surface area contributed by atoms with Crippen molar-refractivity contribution in [2.24, 2.45) is 18.9 Å². The van der Waals surface area contributed by atoms with E-state index in [2.05, 4.69) is 48.2 Å². The molecule has 0 saturated carbocycles. The number of aromatic amines is 1. The Bertz CT molecular complexity index is 2830. The van der Waals surface area contributed by atoms with Crippen LogP contribution in [0.5, 0.6) is 5.75 Å². The zero-order chi connectivity index (χ0) is 46.0. The minimum Gasteiger partial charge on any atom is -0.483 e. The Kier molecular flexibility index (Phi) is 13.3. The molecule has 3 atom stereocenters. The quantitative estimate of drug-likeness (QED) is 0.135. The number of hydrogen-bond donors (Lipinski definition) is 3. The van der Waals surface area contributed by atoms with Gasteiger partial charge in [0, 0.05) is 51.5 Å². The monoisotopic (exact) mass is 908 g/mol. The average molecular weight is 909 g/mol. The van der Waals surface area contributed by atoms with Gasteiger partial charge in [-0.05, 0) is 99.0 Å². The number of halogens is 1. The summed E-state index contributed by atoms with van der Waals surface area (Å²) in [6.45, 7) is 4.24. The standard InChI is InChI=1S/C46H53FN10O7S/c1-4-51-65(62,63)55(3)38-7-5-6-36(47)44(38)64-43(32(25-48)22-28-8-12-37-35(23-28)45(60)50-27-49-37)30-16-20-57(21-17-30)41(59)26-56-18-14-29(15-19-56)31-9-10-33-39(24-31)54(2)53-42(33)34-11-13-40(58)52-46(34)61/h5-10,12,23-24,27,29-30,32,34,43,51H,4,11,13-22,26H2,1-3H3,(H,49,50,60)(H,52,58,61). The molecule has 0 bridgehead atoms. The summed E-state index contributed by atoms with van der Waals surface area (Å²) in [6.07, 6.45) is 3.89. The first-order chi connectivity index (χ1) is 31.2. The highest BCUT2D eigenvalue weighted by molar-refractivity contribution is 7.90. The molecule has 2 aromatic heterocycles. The summed E-state index contributed by atoms with van der Waals surface area (Å²) in [4.78, 5) is 61.6. The fraction of sp³-hybridized carbons (Fsp3) is 0.457. The molecule has 5 aromatic rings. The van der Waals surface area contributed by atoms with Crippen molar-refractivity contribution in [1.82, 2.24) is 39.6 Å². The molecule has 3 fully saturated rings. The summed E-state index contributed by atoms with van der Waals surface area (Å²) < 4.78 is 53.6. The summed E-state index contributed by atoms with van der Waals surface area (Å²) in [5, 5.41) is 19.1. The van der Waals surface area contributed by atoms with Gasteiger partial charge >= 0.3 is 10.2 Å². The lowest BCUT2D eigenvalue weighted by atomic mass is 9.81. The number of piperidine rings is 3. The van der Waals surface area contributed by atoms with E-state index in [-0.39, 0.29) is 72.5 Å². The summed E-state index contributed by atoms with van der Waals surface area (Å²) in [5.74, 6) is -3.03. The van der Waals surface area contributed by atoms with E-state index < -0.39 is 34.0 Å². The van der Waals surface area contributed by atoms with E-state index in [1.807, 2.05) is 18.0 Å². The normalized spacial score (nSPS) is 18.9. The van der Waals surface area contributed by atoms with Gasteiger partial charge in [0.15, 0.2) is 11.6 Å². The fourth-order valence-electron chi connectivity index (χ4n) is 9.61. The number of rotatable bonds is 14. The molecule has 3 amide bonds. The van der Waals surface area contributed by atoms with Gasteiger partial charge < -0.3 is 14.6 Å². The van der Waals surface area contributed by atoms with Crippen LogP contribution in [0, 0.1) is 29.0 Å². The number of imide groups is 1. The molecule has 3 aliphatic rings. The lowest BCUT2D eigenvalue weighted by Crippen LogP contribution is -2.48. The molecule has 0 aliphatic carbocycles. The van der Waals surface area contributed by atoms with Gasteiger partial charge in [0.1, 0.15) is 6.10 Å². The van der Waals surface area contributed by atoms with Gasteiger partial charge in [-0.1, -0.05) is 31.2 Å². The van der Waals surface area contributed by atoms with Crippen LogP contribution in [0.3, 0.4) is 0 Å². The maximum Gasteiger partial charge on any atom is 0.301 e. The first kappa shape index (κ1) is 45.3. The Labute approximate surface area is 376 Å².